The van der Waals surface area contributed by atoms with Crippen LogP contribution in [0.4, 0.5) is 0 Å². The molecular formula is C27H26N3OP. The molecule has 2 atom stereocenters. The molecule has 1 aliphatic rings. The summed E-state index contributed by atoms with van der Waals surface area (Å²) in [5.74, 6) is 0.0503. The molecule has 2 aromatic carbocycles. The van der Waals surface area contributed by atoms with Crippen molar-refractivity contribution < 1.29 is 4.79 Å². The summed E-state index contributed by atoms with van der Waals surface area (Å²) >= 11 is 0. The first-order chi connectivity index (χ1) is 15.6. The number of amides is 1. The second-order valence-corrected chi connectivity index (χ2v) is 8.74. The van der Waals surface area contributed by atoms with Gasteiger partial charge in [-0.1, -0.05) is 48.6 Å². The molecule has 1 amide bonds. The monoisotopic (exact) mass is 439 g/mol. The zero-order valence-corrected chi connectivity index (χ0v) is 19.3. The van der Waals surface area contributed by atoms with Crippen molar-refractivity contribution in [2.75, 3.05) is 6.54 Å². The van der Waals surface area contributed by atoms with Gasteiger partial charge in [0.2, 0.25) is 0 Å². The fourth-order valence-electron chi connectivity index (χ4n) is 4.96. The van der Waals surface area contributed by atoms with Gasteiger partial charge in [-0.15, -0.1) is 13.2 Å². The highest BCUT2D eigenvalue weighted by atomic mass is 31.0. The number of aromatic nitrogens is 2. The van der Waals surface area contributed by atoms with Crippen LogP contribution in [0, 0.1) is 0 Å². The summed E-state index contributed by atoms with van der Waals surface area (Å²) < 4.78 is 4.22. The van der Waals surface area contributed by atoms with E-state index in [4.69, 9.17) is 0 Å². The molecule has 5 heteroatoms. The van der Waals surface area contributed by atoms with Crippen LogP contribution in [-0.2, 0) is 11.3 Å². The smallest absolute Gasteiger partial charge is 0.255 e. The van der Waals surface area contributed by atoms with Crippen molar-refractivity contribution in [1.29, 1.82) is 0 Å². The lowest BCUT2D eigenvalue weighted by atomic mass is 9.93. The van der Waals surface area contributed by atoms with Crippen molar-refractivity contribution in [1.82, 2.24) is 13.8 Å². The topological polar surface area (TPSA) is 30.2 Å². The number of hydrogen-bond donors (Lipinski definition) is 0. The Bertz CT molecular complexity index is 1420. The third kappa shape index (κ3) is 2.98. The van der Waals surface area contributed by atoms with Crippen LogP contribution in [0.15, 0.2) is 86.2 Å². The van der Waals surface area contributed by atoms with Crippen molar-refractivity contribution >= 4 is 48.2 Å². The summed E-state index contributed by atoms with van der Waals surface area (Å²) in [5, 5.41) is 2.22. The van der Waals surface area contributed by atoms with Gasteiger partial charge in [0.1, 0.15) is 0 Å². The van der Waals surface area contributed by atoms with E-state index in [2.05, 4.69) is 82.8 Å². The lowest BCUT2D eigenvalue weighted by Gasteiger charge is -2.22. The van der Waals surface area contributed by atoms with Crippen LogP contribution in [0.25, 0.3) is 33.0 Å². The molecule has 5 rings (SSSR count). The summed E-state index contributed by atoms with van der Waals surface area (Å²) in [5.41, 5.74) is 6.14. The van der Waals surface area contributed by atoms with Crippen LogP contribution in [0.3, 0.4) is 0 Å². The fraction of sp³-hybridized carbons (Fsp3) is 0.148. The van der Waals surface area contributed by atoms with Gasteiger partial charge in [0.25, 0.3) is 5.91 Å². The molecule has 4 nitrogen and oxygen atoms in total. The molecule has 160 valence electrons. The SMILES string of the molecule is C=CCN1C(=O)C(c2cn(P)c3ccccc23)=C(c2cn(CC=C)c3ccccc23)C1C. The molecule has 0 saturated carbocycles. The summed E-state index contributed by atoms with van der Waals surface area (Å²) in [6, 6.07) is 16.5. The van der Waals surface area contributed by atoms with Crippen LogP contribution in [-0.4, -0.2) is 32.3 Å². The van der Waals surface area contributed by atoms with E-state index in [0.717, 1.165) is 44.1 Å². The van der Waals surface area contributed by atoms with Crippen LogP contribution < -0.4 is 0 Å². The van der Waals surface area contributed by atoms with Crippen molar-refractivity contribution in [2.24, 2.45) is 0 Å². The van der Waals surface area contributed by atoms with Crippen molar-refractivity contribution in [3.05, 3.63) is 97.4 Å². The number of carbonyl (C=O) groups excluding carboxylic acids is 1. The Hall–Kier alpha value is -3.36. The van der Waals surface area contributed by atoms with E-state index < -0.39 is 0 Å². The zero-order valence-electron chi connectivity index (χ0n) is 18.2. The minimum absolute atomic E-state index is 0.0503. The maximum absolute atomic E-state index is 13.8. The van der Waals surface area contributed by atoms with Crippen LogP contribution in [0.5, 0.6) is 0 Å². The van der Waals surface area contributed by atoms with Gasteiger partial charge in [-0.2, -0.15) is 0 Å². The second kappa shape index (κ2) is 7.96. The first-order valence-corrected chi connectivity index (χ1v) is 11.3. The van der Waals surface area contributed by atoms with E-state index in [-0.39, 0.29) is 11.9 Å². The number of fused-ring (bicyclic) bond motifs is 2. The largest absolute Gasteiger partial charge is 0.343 e. The Morgan fingerprint density at radius 2 is 1.53 bits per heavy atom. The van der Waals surface area contributed by atoms with Crippen LogP contribution in [0.2, 0.25) is 0 Å². The fourth-order valence-corrected chi connectivity index (χ4v) is 5.33. The molecule has 0 saturated heterocycles. The molecule has 0 fully saturated rings. The molecule has 2 unspecified atom stereocenters. The Balaban J connectivity index is 1.85. The molecule has 0 aliphatic carbocycles. The van der Waals surface area contributed by atoms with Gasteiger partial charge < -0.3 is 13.8 Å². The molecule has 0 bridgehead atoms. The molecule has 0 radical (unpaired) electrons. The van der Waals surface area contributed by atoms with Crippen LogP contribution in [0.1, 0.15) is 18.1 Å². The van der Waals surface area contributed by atoms with Crippen LogP contribution >= 0.6 is 9.39 Å². The summed E-state index contributed by atoms with van der Waals surface area (Å²) in [7, 11) is 2.74. The number of rotatable bonds is 6. The number of hydrogen-bond acceptors (Lipinski definition) is 1. The molecular weight excluding hydrogens is 413 g/mol. The minimum Gasteiger partial charge on any atom is -0.343 e. The molecule has 4 aromatic rings. The van der Waals surface area contributed by atoms with Crippen molar-refractivity contribution in [3.8, 4) is 0 Å². The number of carbonyl (C=O) groups is 1. The number of benzene rings is 2. The van der Waals surface area contributed by atoms with E-state index in [1.54, 1.807) is 6.08 Å². The third-order valence-corrected chi connectivity index (χ3v) is 6.80. The normalized spacial score (nSPS) is 16.5. The molecule has 0 spiro atoms. The highest BCUT2D eigenvalue weighted by molar-refractivity contribution is 7.14. The lowest BCUT2D eigenvalue weighted by Crippen LogP contribution is -2.33. The van der Waals surface area contributed by atoms with E-state index >= 15 is 0 Å². The van der Waals surface area contributed by atoms with E-state index in [9.17, 15) is 4.79 Å². The first-order valence-electron chi connectivity index (χ1n) is 10.8. The first kappa shape index (κ1) is 20.5. The molecule has 3 heterocycles. The van der Waals surface area contributed by atoms with E-state index in [1.807, 2.05) is 27.4 Å². The zero-order chi connectivity index (χ0) is 22.4. The summed E-state index contributed by atoms with van der Waals surface area (Å²) in [6.45, 7) is 11.1. The lowest BCUT2D eigenvalue weighted by molar-refractivity contribution is -0.124. The summed E-state index contributed by atoms with van der Waals surface area (Å²) in [4.78, 5) is 15.7. The Morgan fingerprint density at radius 3 is 2.22 bits per heavy atom. The quantitative estimate of drug-likeness (QED) is 0.278. The van der Waals surface area contributed by atoms with Gasteiger partial charge in [-0.25, -0.2) is 0 Å². The Kier molecular flexibility index (Phi) is 5.11. The highest BCUT2D eigenvalue weighted by Gasteiger charge is 2.39. The number of para-hydroxylation sites is 2. The Labute approximate surface area is 190 Å². The van der Waals surface area contributed by atoms with Gasteiger partial charge in [0.15, 0.2) is 0 Å². The maximum atomic E-state index is 13.8. The predicted octanol–water partition coefficient (Wildman–Crippen LogP) is 5.75. The third-order valence-electron chi connectivity index (χ3n) is 6.37. The standard InChI is InChI=1S/C27H26N3OP/c1-4-14-28-16-21(19-10-6-8-12-23(19)28)25-18(3)29(15-5-2)27(31)26(25)22-17-30(32)24-13-9-7-11-20(22)24/h4-13,16-18H,1-2,14-15,32H2,3H3. The minimum atomic E-state index is -0.0647. The highest BCUT2D eigenvalue weighted by Crippen LogP contribution is 2.44. The second-order valence-electron chi connectivity index (χ2n) is 8.18. The summed E-state index contributed by atoms with van der Waals surface area (Å²) in [6.07, 6.45) is 7.92. The van der Waals surface area contributed by atoms with Gasteiger partial charge in [0, 0.05) is 52.9 Å². The van der Waals surface area contributed by atoms with Gasteiger partial charge in [0.05, 0.1) is 17.1 Å². The molecule has 32 heavy (non-hydrogen) atoms. The average molecular weight is 439 g/mol. The molecule has 1 aliphatic heterocycles. The molecule has 0 N–H and O–H groups in total. The van der Waals surface area contributed by atoms with Crippen molar-refractivity contribution in [3.63, 3.8) is 0 Å². The van der Waals surface area contributed by atoms with E-state index in [1.165, 1.54) is 0 Å². The number of nitrogens with zero attached hydrogens (tertiary/aromatic N) is 3. The van der Waals surface area contributed by atoms with Gasteiger partial charge >= 0.3 is 0 Å². The van der Waals surface area contributed by atoms with Gasteiger partial charge in [-0.05, 0) is 34.0 Å². The van der Waals surface area contributed by atoms with Crippen molar-refractivity contribution in [2.45, 2.75) is 19.5 Å². The number of allylic oxidation sites excluding steroid dienone is 1. The van der Waals surface area contributed by atoms with E-state index in [0.29, 0.717) is 13.1 Å². The Morgan fingerprint density at radius 1 is 0.906 bits per heavy atom. The predicted molar refractivity (Wildman–Crippen MR) is 137 cm³/mol. The molecule has 2 aromatic heterocycles. The average Bonchev–Trinajstić information content (AvgIpc) is 3.40. The maximum Gasteiger partial charge on any atom is 0.255 e. The van der Waals surface area contributed by atoms with Gasteiger partial charge in [-0.3, -0.25) is 4.79 Å².